The van der Waals surface area contributed by atoms with Crippen molar-refractivity contribution in [3.05, 3.63) is 34.1 Å². The van der Waals surface area contributed by atoms with Crippen LogP contribution < -0.4 is 5.32 Å². The Kier molecular flexibility index (Phi) is 3.37. The van der Waals surface area contributed by atoms with E-state index < -0.39 is 0 Å². The van der Waals surface area contributed by atoms with Gasteiger partial charge in [0.15, 0.2) is 5.82 Å². The van der Waals surface area contributed by atoms with E-state index in [4.69, 9.17) is 23.2 Å². The number of hydrogen-bond donors (Lipinski definition) is 1. The third kappa shape index (κ3) is 2.55. The van der Waals surface area contributed by atoms with Gasteiger partial charge in [0, 0.05) is 18.7 Å². The average Bonchev–Trinajstić information content (AvgIpc) is 3.12. The van der Waals surface area contributed by atoms with Gasteiger partial charge < -0.3 is 5.32 Å². The summed E-state index contributed by atoms with van der Waals surface area (Å²) in [5.41, 5.74) is 1.11. The predicted octanol–water partition coefficient (Wildman–Crippen LogP) is 3.88. The Bertz CT molecular complexity index is 605. The minimum Gasteiger partial charge on any atom is -0.369 e. The molecule has 0 atom stereocenters. The van der Waals surface area contributed by atoms with E-state index in [9.17, 15) is 0 Å². The summed E-state index contributed by atoms with van der Waals surface area (Å²) in [5.74, 6) is 1.85. The Hall–Kier alpha value is -1.26. The Morgan fingerprint density at radius 1 is 1.37 bits per heavy atom. The summed E-state index contributed by atoms with van der Waals surface area (Å²) in [6.07, 6.45) is 4.34. The maximum atomic E-state index is 6.21. The molecule has 100 valence electrons. The molecule has 2 aromatic rings. The van der Waals surface area contributed by atoms with Crippen LogP contribution in [-0.4, -0.2) is 21.3 Å². The number of hydrogen-bond acceptors (Lipinski definition) is 3. The summed E-state index contributed by atoms with van der Waals surface area (Å²) < 4.78 is 1.72. The molecule has 4 nitrogen and oxygen atoms in total. The Balaban J connectivity index is 1.99. The smallest absolute Gasteiger partial charge is 0.174 e. The summed E-state index contributed by atoms with van der Waals surface area (Å²) in [6.45, 7) is 2.74. The van der Waals surface area contributed by atoms with Gasteiger partial charge in [-0.15, -0.1) is 0 Å². The molecule has 3 rings (SSSR count). The number of halogens is 2. The fourth-order valence-corrected chi connectivity index (χ4v) is 2.47. The zero-order valence-corrected chi connectivity index (χ0v) is 12.0. The quantitative estimate of drug-likeness (QED) is 0.931. The summed E-state index contributed by atoms with van der Waals surface area (Å²) in [4.78, 5) is 4.45. The normalized spacial score (nSPS) is 14.7. The first-order valence-electron chi connectivity index (χ1n) is 6.35. The molecule has 1 fully saturated rings. The first kappa shape index (κ1) is 12.8. The molecule has 1 N–H and O–H groups in total. The van der Waals surface area contributed by atoms with Gasteiger partial charge in [-0.05, 0) is 31.9 Å². The molecule has 2 aromatic heterocycles. The zero-order valence-electron chi connectivity index (χ0n) is 10.5. The van der Waals surface area contributed by atoms with Crippen molar-refractivity contribution in [2.45, 2.75) is 25.7 Å². The van der Waals surface area contributed by atoms with Crippen LogP contribution in [0.15, 0.2) is 18.3 Å². The van der Waals surface area contributed by atoms with Gasteiger partial charge in [-0.25, -0.2) is 9.67 Å². The van der Waals surface area contributed by atoms with Crippen LogP contribution in [0.2, 0.25) is 10.0 Å². The molecule has 6 heteroatoms. The van der Waals surface area contributed by atoms with Crippen LogP contribution in [0.1, 0.15) is 31.4 Å². The zero-order chi connectivity index (χ0) is 13.4. The lowest BCUT2D eigenvalue weighted by atomic mass is 10.3. The van der Waals surface area contributed by atoms with Gasteiger partial charge in [-0.3, -0.25) is 0 Å². The Morgan fingerprint density at radius 3 is 2.84 bits per heavy atom. The maximum absolute atomic E-state index is 6.21. The van der Waals surface area contributed by atoms with Crippen molar-refractivity contribution >= 4 is 29.0 Å². The number of anilines is 1. The van der Waals surface area contributed by atoms with Gasteiger partial charge in [0.1, 0.15) is 5.82 Å². The molecular weight excluding hydrogens is 283 g/mol. The van der Waals surface area contributed by atoms with Gasteiger partial charge >= 0.3 is 0 Å². The number of nitrogens with one attached hydrogen (secondary N) is 1. The minimum absolute atomic E-state index is 0.497. The van der Waals surface area contributed by atoms with Gasteiger partial charge in [0.05, 0.1) is 15.7 Å². The summed E-state index contributed by atoms with van der Waals surface area (Å²) in [7, 11) is 0. The molecule has 0 bridgehead atoms. The third-order valence-corrected chi connectivity index (χ3v) is 3.64. The van der Waals surface area contributed by atoms with Gasteiger partial charge in [0.25, 0.3) is 0 Å². The predicted molar refractivity (Wildman–Crippen MR) is 77.5 cm³/mol. The van der Waals surface area contributed by atoms with E-state index in [1.54, 1.807) is 10.7 Å². The van der Waals surface area contributed by atoms with Crippen molar-refractivity contribution in [2.75, 3.05) is 11.9 Å². The molecule has 0 spiro atoms. The van der Waals surface area contributed by atoms with Gasteiger partial charge in [-0.2, -0.15) is 5.10 Å². The second kappa shape index (κ2) is 5.02. The van der Waals surface area contributed by atoms with Crippen LogP contribution in [-0.2, 0) is 0 Å². The van der Waals surface area contributed by atoms with E-state index in [1.165, 1.54) is 12.8 Å². The minimum atomic E-state index is 0.497. The SMILES string of the molecule is CCNc1nc(-n2ccc(C3CC3)n2)c(Cl)cc1Cl. The fraction of sp³-hybridized carbons (Fsp3) is 0.385. The highest BCUT2D eigenvalue weighted by atomic mass is 35.5. The van der Waals surface area contributed by atoms with Crippen molar-refractivity contribution in [3.8, 4) is 5.82 Å². The molecule has 0 unspecified atom stereocenters. The van der Waals surface area contributed by atoms with Gasteiger partial charge in [0.2, 0.25) is 0 Å². The number of aromatic nitrogens is 3. The highest BCUT2D eigenvalue weighted by Crippen LogP contribution is 2.39. The van der Waals surface area contributed by atoms with Crippen molar-refractivity contribution in [2.24, 2.45) is 0 Å². The van der Waals surface area contributed by atoms with Crippen molar-refractivity contribution in [3.63, 3.8) is 0 Å². The third-order valence-electron chi connectivity index (χ3n) is 3.08. The van der Waals surface area contributed by atoms with Crippen molar-refractivity contribution in [1.82, 2.24) is 14.8 Å². The molecular formula is C13H14Cl2N4. The second-order valence-corrected chi connectivity index (χ2v) is 5.43. The molecule has 1 aliphatic carbocycles. The van der Waals surface area contributed by atoms with Crippen LogP contribution >= 0.6 is 23.2 Å². The van der Waals surface area contributed by atoms with E-state index >= 15 is 0 Å². The highest BCUT2D eigenvalue weighted by Gasteiger charge is 2.26. The van der Waals surface area contributed by atoms with Crippen LogP contribution in [0.25, 0.3) is 5.82 Å². The monoisotopic (exact) mass is 296 g/mol. The molecule has 0 saturated heterocycles. The lowest BCUT2D eigenvalue weighted by molar-refractivity contribution is 0.813. The fourth-order valence-electron chi connectivity index (χ4n) is 1.96. The van der Waals surface area contributed by atoms with Crippen LogP contribution in [0, 0.1) is 0 Å². The summed E-state index contributed by atoms with van der Waals surface area (Å²) in [6, 6.07) is 3.72. The maximum Gasteiger partial charge on any atom is 0.174 e. The standard InChI is InChI=1S/C13H14Cl2N4/c1-2-16-12-9(14)7-10(15)13(17-12)19-6-5-11(18-19)8-3-4-8/h5-8H,2-4H2,1H3,(H,16,17). The van der Waals surface area contributed by atoms with Crippen molar-refractivity contribution in [1.29, 1.82) is 0 Å². The summed E-state index contributed by atoms with van der Waals surface area (Å²) in [5, 5.41) is 8.66. The Morgan fingerprint density at radius 2 is 2.16 bits per heavy atom. The van der Waals surface area contributed by atoms with E-state index in [1.807, 2.05) is 19.2 Å². The number of pyridine rings is 1. The highest BCUT2D eigenvalue weighted by molar-refractivity contribution is 6.36. The molecule has 0 aromatic carbocycles. The first-order valence-corrected chi connectivity index (χ1v) is 7.10. The molecule has 0 amide bonds. The molecule has 19 heavy (non-hydrogen) atoms. The molecule has 0 aliphatic heterocycles. The average molecular weight is 297 g/mol. The van der Waals surface area contributed by atoms with E-state index in [2.05, 4.69) is 15.4 Å². The lowest BCUT2D eigenvalue weighted by Crippen LogP contribution is -2.05. The number of nitrogens with zero attached hydrogens (tertiary/aromatic N) is 3. The van der Waals surface area contributed by atoms with E-state index in [0.717, 1.165) is 12.2 Å². The van der Waals surface area contributed by atoms with Crippen molar-refractivity contribution < 1.29 is 0 Å². The van der Waals surface area contributed by atoms with Crippen LogP contribution in [0.4, 0.5) is 5.82 Å². The van der Waals surface area contributed by atoms with Gasteiger partial charge in [-0.1, -0.05) is 23.2 Å². The molecule has 1 aliphatic rings. The largest absolute Gasteiger partial charge is 0.369 e. The second-order valence-electron chi connectivity index (χ2n) is 4.61. The summed E-state index contributed by atoms with van der Waals surface area (Å²) >= 11 is 12.3. The molecule has 0 radical (unpaired) electrons. The number of rotatable bonds is 4. The lowest BCUT2D eigenvalue weighted by Gasteiger charge is -2.09. The van der Waals surface area contributed by atoms with Crippen LogP contribution in [0.5, 0.6) is 0 Å². The van der Waals surface area contributed by atoms with Crippen LogP contribution in [0.3, 0.4) is 0 Å². The molecule has 2 heterocycles. The van der Waals surface area contributed by atoms with E-state index in [-0.39, 0.29) is 0 Å². The van der Waals surface area contributed by atoms with E-state index in [0.29, 0.717) is 27.6 Å². The first-order chi connectivity index (χ1) is 9.19. The topological polar surface area (TPSA) is 42.7 Å². The molecule has 1 saturated carbocycles. The Labute approximate surface area is 121 Å².